The van der Waals surface area contributed by atoms with E-state index in [0.717, 1.165) is 12.1 Å². The van der Waals surface area contributed by atoms with Gasteiger partial charge in [-0.1, -0.05) is 19.1 Å². The normalized spacial score (nSPS) is 11.0. The zero-order valence-electron chi connectivity index (χ0n) is 8.33. The molecule has 1 aromatic heterocycles. The second kappa shape index (κ2) is 3.83. The number of thioether (sulfide) groups is 1. The lowest BCUT2D eigenvalue weighted by atomic mass is 10.1. The number of anilines is 1. The molecule has 0 bridgehead atoms. The predicted octanol–water partition coefficient (Wildman–Crippen LogP) is 3.77. The lowest BCUT2D eigenvalue weighted by Crippen LogP contribution is -1.92. The van der Waals surface area contributed by atoms with E-state index in [-0.39, 0.29) is 0 Å². The molecule has 0 aliphatic rings. The number of fused-ring (bicyclic) bond motifs is 1. The SMILES string of the molecule is CCc1ccc2c(SC)csc2c1N. The third kappa shape index (κ3) is 1.41. The van der Waals surface area contributed by atoms with Gasteiger partial charge in [0.15, 0.2) is 0 Å². The van der Waals surface area contributed by atoms with E-state index in [0.29, 0.717) is 0 Å². The number of aryl methyl sites for hydroxylation is 1. The van der Waals surface area contributed by atoms with Gasteiger partial charge in [-0.15, -0.1) is 23.1 Å². The fraction of sp³-hybridized carbons (Fsp3) is 0.273. The Balaban J connectivity index is 2.72. The fourth-order valence-corrected chi connectivity index (χ4v) is 3.50. The summed E-state index contributed by atoms with van der Waals surface area (Å²) in [7, 11) is 0. The van der Waals surface area contributed by atoms with Gasteiger partial charge in [-0.2, -0.15) is 0 Å². The fourth-order valence-electron chi connectivity index (χ4n) is 1.60. The third-order valence-corrected chi connectivity index (χ3v) is 4.39. The first-order chi connectivity index (χ1) is 6.77. The quantitative estimate of drug-likeness (QED) is 0.619. The molecule has 1 heterocycles. The summed E-state index contributed by atoms with van der Waals surface area (Å²) in [4.78, 5) is 1.33. The van der Waals surface area contributed by atoms with E-state index >= 15 is 0 Å². The molecule has 0 fully saturated rings. The van der Waals surface area contributed by atoms with Crippen LogP contribution in [0.3, 0.4) is 0 Å². The van der Waals surface area contributed by atoms with E-state index in [4.69, 9.17) is 5.73 Å². The van der Waals surface area contributed by atoms with Crippen molar-refractivity contribution in [2.24, 2.45) is 0 Å². The number of hydrogen-bond acceptors (Lipinski definition) is 3. The lowest BCUT2D eigenvalue weighted by molar-refractivity contribution is 1.15. The van der Waals surface area contributed by atoms with Gasteiger partial charge < -0.3 is 5.73 Å². The summed E-state index contributed by atoms with van der Waals surface area (Å²) in [6.45, 7) is 2.14. The highest BCUT2D eigenvalue weighted by molar-refractivity contribution is 7.99. The smallest absolute Gasteiger partial charge is 0.0586 e. The van der Waals surface area contributed by atoms with E-state index < -0.39 is 0 Å². The summed E-state index contributed by atoms with van der Waals surface area (Å²) in [6, 6.07) is 4.33. The maximum Gasteiger partial charge on any atom is 0.0586 e. The van der Waals surface area contributed by atoms with Crippen molar-refractivity contribution in [3.63, 3.8) is 0 Å². The van der Waals surface area contributed by atoms with Crippen molar-refractivity contribution in [3.8, 4) is 0 Å². The third-order valence-electron chi connectivity index (χ3n) is 2.44. The highest BCUT2D eigenvalue weighted by atomic mass is 32.2. The number of nitrogens with two attached hydrogens (primary N) is 1. The molecule has 2 N–H and O–H groups in total. The Morgan fingerprint density at radius 2 is 2.21 bits per heavy atom. The Hall–Kier alpha value is -0.670. The molecule has 1 aromatic carbocycles. The standard InChI is InChI=1S/C11H13NS2/c1-3-7-4-5-8-9(13-2)6-14-11(8)10(7)12/h4-6H,3,12H2,1-2H3. The van der Waals surface area contributed by atoms with Crippen molar-refractivity contribution in [2.45, 2.75) is 18.2 Å². The Kier molecular flexibility index (Phi) is 2.70. The van der Waals surface area contributed by atoms with Gasteiger partial charge >= 0.3 is 0 Å². The highest BCUT2D eigenvalue weighted by Crippen LogP contribution is 2.37. The molecule has 3 heteroatoms. The van der Waals surface area contributed by atoms with Crippen LogP contribution in [0.15, 0.2) is 22.4 Å². The van der Waals surface area contributed by atoms with E-state index in [1.54, 1.807) is 23.1 Å². The van der Waals surface area contributed by atoms with Gasteiger partial charge in [0, 0.05) is 15.7 Å². The summed E-state index contributed by atoms with van der Waals surface area (Å²) in [5.74, 6) is 0. The first-order valence-corrected chi connectivity index (χ1v) is 6.71. The van der Waals surface area contributed by atoms with Crippen molar-refractivity contribution in [2.75, 3.05) is 12.0 Å². The van der Waals surface area contributed by atoms with Crippen LogP contribution in [-0.2, 0) is 6.42 Å². The summed E-state index contributed by atoms with van der Waals surface area (Å²) in [5.41, 5.74) is 8.32. The van der Waals surface area contributed by atoms with Crippen molar-refractivity contribution < 1.29 is 0 Å². The minimum absolute atomic E-state index is 0.968. The van der Waals surface area contributed by atoms with Crippen LogP contribution in [0.2, 0.25) is 0 Å². The molecule has 14 heavy (non-hydrogen) atoms. The predicted molar refractivity (Wildman–Crippen MR) is 67.4 cm³/mol. The van der Waals surface area contributed by atoms with Gasteiger partial charge in [0.25, 0.3) is 0 Å². The molecular weight excluding hydrogens is 210 g/mol. The molecule has 74 valence electrons. The van der Waals surface area contributed by atoms with E-state index in [2.05, 4.69) is 30.7 Å². The summed E-state index contributed by atoms with van der Waals surface area (Å²) >= 11 is 3.53. The molecule has 1 nitrogen and oxygen atoms in total. The van der Waals surface area contributed by atoms with Gasteiger partial charge in [0.1, 0.15) is 0 Å². The zero-order chi connectivity index (χ0) is 10.1. The first-order valence-electron chi connectivity index (χ1n) is 4.60. The van der Waals surface area contributed by atoms with Crippen LogP contribution in [0.25, 0.3) is 10.1 Å². The van der Waals surface area contributed by atoms with Gasteiger partial charge in [0.2, 0.25) is 0 Å². The molecule has 2 aromatic rings. The van der Waals surface area contributed by atoms with Crippen LogP contribution in [0.5, 0.6) is 0 Å². The zero-order valence-corrected chi connectivity index (χ0v) is 9.97. The van der Waals surface area contributed by atoms with E-state index in [1.165, 1.54) is 20.5 Å². The van der Waals surface area contributed by atoms with Crippen LogP contribution in [0, 0.1) is 0 Å². The maximum absolute atomic E-state index is 6.10. The lowest BCUT2D eigenvalue weighted by Gasteiger charge is -2.03. The molecule has 0 saturated carbocycles. The Morgan fingerprint density at radius 3 is 2.86 bits per heavy atom. The summed E-state index contributed by atoms with van der Waals surface area (Å²) in [5, 5.41) is 3.49. The van der Waals surface area contributed by atoms with Gasteiger partial charge in [-0.3, -0.25) is 0 Å². The van der Waals surface area contributed by atoms with Crippen LogP contribution < -0.4 is 5.73 Å². The number of rotatable bonds is 2. The van der Waals surface area contributed by atoms with Crippen molar-refractivity contribution in [1.29, 1.82) is 0 Å². The second-order valence-electron chi connectivity index (χ2n) is 3.17. The molecule has 0 atom stereocenters. The van der Waals surface area contributed by atoms with Crippen molar-refractivity contribution in [3.05, 3.63) is 23.1 Å². The average molecular weight is 223 g/mol. The minimum Gasteiger partial charge on any atom is -0.397 e. The highest BCUT2D eigenvalue weighted by Gasteiger charge is 2.08. The average Bonchev–Trinajstić information content (AvgIpc) is 2.62. The van der Waals surface area contributed by atoms with Crippen LogP contribution in [0.1, 0.15) is 12.5 Å². The Bertz CT molecular complexity index is 460. The van der Waals surface area contributed by atoms with E-state index in [1.807, 2.05) is 0 Å². The van der Waals surface area contributed by atoms with Crippen LogP contribution >= 0.6 is 23.1 Å². The largest absolute Gasteiger partial charge is 0.397 e. The summed E-state index contributed by atoms with van der Waals surface area (Å²) < 4.78 is 1.24. The number of thiophene rings is 1. The monoisotopic (exact) mass is 223 g/mol. The Labute approximate surface area is 92.3 Å². The van der Waals surface area contributed by atoms with Crippen LogP contribution in [0.4, 0.5) is 5.69 Å². The van der Waals surface area contributed by atoms with Gasteiger partial charge in [-0.05, 0) is 18.2 Å². The molecule has 0 unspecified atom stereocenters. The molecule has 0 amide bonds. The van der Waals surface area contributed by atoms with Gasteiger partial charge in [0.05, 0.1) is 10.4 Å². The number of nitrogen functional groups attached to an aromatic ring is 1. The number of hydrogen-bond donors (Lipinski definition) is 1. The second-order valence-corrected chi connectivity index (χ2v) is 4.90. The molecule has 0 spiro atoms. The van der Waals surface area contributed by atoms with Crippen molar-refractivity contribution in [1.82, 2.24) is 0 Å². The molecule has 2 rings (SSSR count). The molecule has 0 radical (unpaired) electrons. The number of benzene rings is 1. The molecule has 0 aliphatic heterocycles. The van der Waals surface area contributed by atoms with Gasteiger partial charge in [-0.25, -0.2) is 0 Å². The van der Waals surface area contributed by atoms with E-state index in [9.17, 15) is 0 Å². The first kappa shape index (κ1) is 9.87. The molecule has 0 aliphatic carbocycles. The minimum atomic E-state index is 0.968. The summed E-state index contributed by atoms with van der Waals surface area (Å²) in [6.07, 6.45) is 3.11. The Morgan fingerprint density at radius 1 is 1.43 bits per heavy atom. The maximum atomic E-state index is 6.10. The molecular formula is C11H13NS2. The van der Waals surface area contributed by atoms with Crippen LogP contribution in [-0.4, -0.2) is 6.26 Å². The topological polar surface area (TPSA) is 26.0 Å². The molecule has 0 saturated heterocycles. The van der Waals surface area contributed by atoms with Crippen molar-refractivity contribution >= 4 is 38.9 Å².